The number of aromatic amines is 1. The van der Waals surface area contributed by atoms with Crippen LogP contribution in [-0.4, -0.2) is 43.5 Å². The highest BCUT2D eigenvalue weighted by Crippen LogP contribution is 2.66. The Morgan fingerprint density at radius 1 is 1.31 bits per heavy atom. The zero-order chi connectivity index (χ0) is 24.5. The zero-order valence-corrected chi connectivity index (χ0v) is 21.5. The van der Waals surface area contributed by atoms with Crippen molar-refractivity contribution < 1.29 is 14.7 Å². The monoisotopic (exact) mass is 511 g/mol. The van der Waals surface area contributed by atoms with E-state index in [2.05, 4.69) is 28.8 Å². The van der Waals surface area contributed by atoms with Crippen molar-refractivity contribution in [3.63, 3.8) is 0 Å². The van der Waals surface area contributed by atoms with Crippen LogP contribution < -0.4 is 0 Å². The summed E-state index contributed by atoms with van der Waals surface area (Å²) in [6.07, 6.45) is 11.0. The number of halogens is 1. The molecule has 2 N–H and O–H groups in total. The molecule has 0 radical (unpaired) electrons. The summed E-state index contributed by atoms with van der Waals surface area (Å²) < 4.78 is 0. The smallest absolute Gasteiger partial charge is 0.178 e. The first-order valence-corrected chi connectivity index (χ1v) is 13.8. The number of rotatable bonds is 4. The van der Waals surface area contributed by atoms with Crippen molar-refractivity contribution in [2.45, 2.75) is 57.2 Å². The molecular weight excluding hydrogens is 482 g/mol. The SMILES string of the molecule is CC12C=CC(=O)C=C1CCC1C2[C@@H](O)CC2(C)C(C(=O)CSc3nc4ncc(Cl)cc4[nH]3)CCC12. The summed E-state index contributed by atoms with van der Waals surface area (Å²) in [5.74, 6) is 1.46. The summed E-state index contributed by atoms with van der Waals surface area (Å²) in [7, 11) is 0. The minimum Gasteiger partial charge on any atom is -0.393 e. The number of imidazole rings is 1. The van der Waals surface area contributed by atoms with Gasteiger partial charge in [-0.1, -0.05) is 48.9 Å². The molecule has 184 valence electrons. The average molecular weight is 512 g/mol. The number of aliphatic hydroxyl groups excluding tert-OH is 1. The number of aliphatic hydroxyl groups is 1. The van der Waals surface area contributed by atoms with Gasteiger partial charge in [0.05, 0.1) is 22.4 Å². The lowest BCUT2D eigenvalue weighted by atomic mass is 9.46. The van der Waals surface area contributed by atoms with Crippen LogP contribution in [-0.2, 0) is 9.59 Å². The number of ketones is 2. The van der Waals surface area contributed by atoms with Crippen LogP contribution >= 0.6 is 23.4 Å². The van der Waals surface area contributed by atoms with E-state index in [0.717, 1.165) is 36.8 Å². The molecular formula is C27H30ClN3O3S. The van der Waals surface area contributed by atoms with Crippen LogP contribution in [0.2, 0.25) is 5.02 Å². The number of thioether (sulfide) groups is 1. The van der Waals surface area contributed by atoms with E-state index < -0.39 is 6.10 Å². The van der Waals surface area contributed by atoms with Gasteiger partial charge in [0.25, 0.3) is 0 Å². The quantitative estimate of drug-likeness (QED) is 0.550. The summed E-state index contributed by atoms with van der Waals surface area (Å²) >= 11 is 7.43. The van der Waals surface area contributed by atoms with Crippen molar-refractivity contribution in [1.29, 1.82) is 0 Å². The summed E-state index contributed by atoms with van der Waals surface area (Å²) in [5, 5.41) is 12.7. The maximum Gasteiger partial charge on any atom is 0.178 e. The molecule has 6 unspecified atom stereocenters. The van der Waals surface area contributed by atoms with Crippen LogP contribution in [0.1, 0.15) is 46.0 Å². The molecule has 3 saturated carbocycles. The van der Waals surface area contributed by atoms with E-state index >= 15 is 0 Å². The predicted molar refractivity (Wildman–Crippen MR) is 136 cm³/mol. The van der Waals surface area contributed by atoms with Crippen LogP contribution in [0.25, 0.3) is 11.2 Å². The molecule has 0 aliphatic heterocycles. The number of aromatic nitrogens is 3. The summed E-state index contributed by atoms with van der Waals surface area (Å²) in [6.45, 7) is 4.42. The lowest BCUT2D eigenvalue weighted by molar-refractivity contribution is -0.137. The second-order valence-electron chi connectivity index (χ2n) is 11.3. The second kappa shape index (κ2) is 8.29. The van der Waals surface area contributed by atoms with Gasteiger partial charge in [-0.05, 0) is 67.6 Å². The van der Waals surface area contributed by atoms with Crippen molar-refractivity contribution in [3.8, 4) is 0 Å². The first-order chi connectivity index (χ1) is 16.7. The number of Topliss-reactive ketones (excluding diaryl/α,β-unsaturated/α-hetero) is 1. The van der Waals surface area contributed by atoms with Crippen molar-refractivity contribution in [2.75, 3.05) is 5.75 Å². The molecule has 35 heavy (non-hydrogen) atoms. The number of nitrogens with one attached hydrogen (secondary N) is 1. The van der Waals surface area contributed by atoms with E-state index in [1.54, 1.807) is 24.4 Å². The minimum absolute atomic E-state index is 0.0541. The fraction of sp³-hybridized carbons (Fsp3) is 0.556. The molecule has 7 atom stereocenters. The molecule has 3 fully saturated rings. The van der Waals surface area contributed by atoms with Crippen LogP contribution in [0.4, 0.5) is 0 Å². The Kier molecular flexibility index (Phi) is 5.55. The van der Waals surface area contributed by atoms with E-state index in [0.29, 0.717) is 39.8 Å². The van der Waals surface area contributed by atoms with Gasteiger partial charge in [0.1, 0.15) is 5.78 Å². The standard InChI is InChI=1S/C27H30ClN3O3S/c1-26-8-7-16(32)9-14(26)3-4-17-18-5-6-19(27(18,2)11-21(33)23(17)26)22(34)13-35-25-30-20-10-15(28)12-29-24(20)31-25/h7-10,12,17-19,21,23,33H,3-6,11,13H2,1-2H3,(H,29,30,31)/t17?,18?,19?,21-,23?,26?,27?/m0/s1. The highest BCUT2D eigenvalue weighted by molar-refractivity contribution is 7.99. The first-order valence-electron chi connectivity index (χ1n) is 12.5. The van der Waals surface area contributed by atoms with Gasteiger partial charge in [0, 0.05) is 23.4 Å². The molecule has 2 aromatic rings. The predicted octanol–water partition coefficient (Wildman–Crippen LogP) is 5.17. The Morgan fingerprint density at radius 2 is 2.14 bits per heavy atom. The fourth-order valence-corrected chi connectivity index (χ4v) is 8.99. The van der Waals surface area contributed by atoms with Gasteiger partial charge < -0.3 is 10.1 Å². The van der Waals surface area contributed by atoms with Crippen molar-refractivity contribution in [3.05, 3.63) is 41.1 Å². The highest BCUT2D eigenvalue weighted by Gasteiger charge is 2.62. The lowest BCUT2D eigenvalue weighted by Crippen LogP contribution is -2.56. The summed E-state index contributed by atoms with van der Waals surface area (Å²) in [4.78, 5) is 37.4. The number of carbonyl (C=O) groups excluding carboxylic acids is 2. The Morgan fingerprint density at radius 3 is 2.97 bits per heavy atom. The van der Waals surface area contributed by atoms with Gasteiger partial charge in [0.15, 0.2) is 16.6 Å². The molecule has 0 spiro atoms. The van der Waals surface area contributed by atoms with Crippen molar-refractivity contribution >= 4 is 46.1 Å². The van der Waals surface area contributed by atoms with Gasteiger partial charge in [-0.15, -0.1) is 0 Å². The molecule has 2 heterocycles. The number of nitrogens with zero attached hydrogens (tertiary/aromatic N) is 2. The van der Waals surface area contributed by atoms with Crippen molar-refractivity contribution in [1.82, 2.24) is 15.0 Å². The highest BCUT2D eigenvalue weighted by atomic mass is 35.5. The number of hydrogen-bond acceptors (Lipinski definition) is 6. The van der Waals surface area contributed by atoms with E-state index in [4.69, 9.17) is 11.6 Å². The Labute approximate surface area is 214 Å². The van der Waals surface area contributed by atoms with Crippen LogP contribution in [0.15, 0.2) is 41.2 Å². The normalized spacial score (nSPS) is 38.1. The van der Waals surface area contributed by atoms with E-state index in [9.17, 15) is 14.7 Å². The average Bonchev–Trinajstić information content (AvgIpc) is 3.37. The maximum atomic E-state index is 13.5. The number of allylic oxidation sites excluding steroid dienone is 4. The van der Waals surface area contributed by atoms with Gasteiger partial charge in [-0.2, -0.15) is 0 Å². The van der Waals surface area contributed by atoms with Gasteiger partial charge in [-0.3, -0.25) is 9.59 Å². The minimum atomic E-state index is -0.486. The van der Waals surface area contributed by atoms with Crippen LogP contribution in [0, 0.1) is 34.5 Å². The van der Waals surface area contributed by atoms with Crippen LogP contribution in [0.3, 0.4) is 0 Å². The molecule has 0 bridgehead atoms. The number of hydrogen-bond donors (Lipinski definition) is 2. The Balaban J connectivity index is 1.20. The largest absolute Gasteiger partial charge is 0.393 e. The molecule has 2 aromatic heterocycles. The number of H-pyrrole nitrogens is 1. The Bertz CT molecular complexity index is 1290. The number of pyridine rings is 1. The van der Waals surface area contributed by atoms with Gasteiger partial charge in [0.2, 0.25) is 0 Å². The lowest BCUT2D eigenvalue weighted by Gasteiger charge is -2.58. The second-order valence-corrected chi connectivity index (χ2v) is 12.7. The topological polar surface area (TPSA) is 95.9 Å². The molecule has 6 nitrogen and oxygen atoms in total. The molecule has 4 aliphatic carbocycles. The van der Waals surface area contributed by atoms with E-state index in [1.807, 2.05) is 6.08 Å². The van der Waals surface area contributed by atoms with Gasteiger partial charge in [-0.25, -0.2) is 9.97 Å². The number of carbonyl (C=O) groups is 2. The molecule has 0 amide bonds. The fourth-order valence-electron chi connectivity index (χ4n) is 8.02. The third-order valence-electron chi connectivity index (χ3n) is 9.51. The molecule has 6 rings (SSSR count). The first kappa shape index (κ1) is 23.4. The van der Waals surface area contributed by atoms with Crippen molar-refractivity contribution in [2.24, 2.45) is 34.5 Å². The summed E-state index contributed by atoms with van der Waals surface area (Å²) in [5.41, 5.74) is 2.05. The van der Waals surface area contributed by atoms with E-state index in [1.165, 1.54) is 11.8 Å². The van der Waals surface area contributed by atoms with E-state index in [-0.39, 0.29) is 34.2 Å². The third kappa shape index (κ3) is 3.65. The molecule has 8 heteroatoms. The zero-order valence-electron chi connectivity index (χ0n) is 20.0. The van der Waals surface area contributed by atoms with Gasteiger partial charge >= 0.3 is 0 Å². The van der Waals surface area contributed by atoms with Crippen LogP contribution in [0.5, 0.6) is 0 Å². The Hall–Kier alpha value is -1.96. The maximum absolute atomic E-state index is 13.5. The molecule has 0 saturated heterocycles. The molecule has 0 aromatic carbocycles. The third-order valence-corrected chi connectivity index (χ3v) is 10.6. The molecule has 4 aliphatic rings. The summed E-state index contributed by atoms with van der Waals surface area (Å²) in [6, 6.07) is 1.79. The number of fused-ring (bicyclic) bond motifs is 6.